The lowest BCUT2D eigenvalue weighted by molar-refractivity contribution is 0.302. The molecule has 1 aromatic heterocycles. The smallest absolute Gasteiger partial charge is 0.0524 e. The fourth-order valence-electron chi connectivity index (χ4n) is 3.27. The van der Waals surface area contributed by atoms with Crippen LogP contribution in [0.4, 0.5) is 0 Å². The van der Waals surface area contributed by atoms with Crippen molar-refractivity contribution in [3.8, 4) is 0 Å². The first-order chi connectivity index (χ1) is 8.36. The van der Waals surface area contributed by atoms with Crippen LogP contribution in [0.25, 0.3) is 0 Å². The Morgan fingerprint density at radius 3 is 3.24 bits per heavy atom. The van der Waals surface area contributed by atoms with E-state index in [9.17, 15) is 0 Å². The van der Waals surface area contributed by atoms with Crippen molar-refractivity contribution >= 4 is 0 Å². The van der Waals surface area contributed by atoms with Gasteiger partial charge in [-0.15, -0.1) is 0 Å². The minimum Gasteiger partial charge on any atom is -0.312 e. The zero-order valence-corrected chi connectivity index (χ0v) is 10.6. The Labute approximate surface area is 103 Å². The van der Waals surface area contributed by atoms with Crippen LogP contribution < -0.4 is 5.32 Å². The quantitative estimate of drug-likeness (QED) is 0.850. The number of piperidine rings is 1. The summed E-state index contributed by atoms with van der Waals surface area (Å²) in [5.41, 5.74) is 1.35. The molecule has 0 aliphatic carbocycles. The molecule has 0 radical (unpaired) electrons. The zero-order chi connectivity index (χ0) is 11.7. The average molecular weight is 234 g/mol. The molecule has 2 unspecified atom stereocenters. The minimum atomic E-state index is 0.738. The van der Waals surface area contributed by atoms with Crippen molar-refractivity contribution < 1.29 is 0 Å². The molecule has 2 saturated heterocycles. The number of aromatic nitrogens is 2. The number of nitrogens with zero attached hydrogens (tertiary/aromatic N) is 3. The van der Waals surface area contributed by atoms with Gasteiger partial charge in [-0.3, -0.25) is 9.58 Å². The largest absolute Gasteiger partial charge is 0.312 e. The van der Waals surface area contributed by atoms with Gasteiger partial charge in [0.2, 0.25) is 0 Å². The summed E-state index contributed by atoms with van der Waals surface area (Å²) in [6.07, 6.45) is 4.67. The highest BCUT2D eigenvalue weighted by Crippen LogP contribution is 2.25. The van der Waals surface area contributed by atoms with Crippen LogP contribution in [0.15, 0.2) is 12.3 Å². The van der Waals surface area contributed by atoms with Crippen LogP contribution in [-0.4, -0.2) is 40.4 Å². The number of aryl methyl sites for hydroxylation is 1. The lowest BCUT2D eigenvalue weighted by atomic mass is 9.94. The molecule has 1 N–H and O–H groups in total. The molecule has 0 bridgehead atoms. The molecular weight excluding hydrogens is 212 g/mol. The van der Waals surface area contributed by atoms with Crippen LogP contribution in [0.3, 0.4) is 0 Å². The van der Waals surface area contributed by atoms with Crippen molar-refractivity contribution in [3.05, 3.63) is 18.0 Å². The summed E-state index contributed by atoms with van der Waals surface area (Å²) in [7, 11) is 0. The van der Waals surface area contributed by atoms with Gasteiger partial charge in [0, 0.05) is 38.4 Å². The predicted octanol–water partition coefficient (Wildman–Crippen LogP) is 1.09. The Kier molecular flexibility index (Phi) is 3.16. The van der Waals surface area contributed by atoms with E-state index in [-0.39, 0.29) is 0 Å². The Morgan fingerprint density at radius 1 is 1.47 bits per heavy atom. The minimum absolute atomic E-state index is 0.738. The second-order valence-electron chi connectivity index (χ2n) is 5.30. The molecule has 1 aromatic rings. The molecule has 2 aliphatic rings. The molecule has 2 fully saturated rings. The van der Waals surface area contributed by atoms with Gasteiger partial charge in [-0.05, 0) is 38.3 Å². The van der Waals surface area contributed by atoms with E-state index in [4.69, 9.17) is 0 Å². The first-order valence-corrected chi connectivity index (χ1v) is 6.83. The molecule has 4 heteroatoms. The van der Waals surface area contributed by atoms with E-state index in [1.165, 1.54) is 38.2 Å². The monoisotopic (exact) mass is 234 g/mol. The van der Waals surface area contributed by atoms with Crippen molar-refractivity contribution in [1.29, 1.82) is 0 Å². The highest BCUT2D eigenvalue weighted by molar-refractivity contribution is 5.02. The van der Waals surface area contributed by atoms with Gasteiger partial charge in [0.1, 0.15) is 0 Å². The van der Waals surface area contributed by atoms with E-state index < -0.39 is 0 Å². The van der Waals surface area contributed by atoms with Crippen molar-refractivity contribution in [2.75, 3.05) is 19.6 Å². The lowest BCUT2D eigenvalue weighted by Gasteiger charge is -2.24. The summed E-state index contributed by atoms with van der Waals surface area (Å²) in [5.74, 6) is 0.877. The van der Waals surface area contributed by atoms with Crippen LogP contribution in [0.2, 0.25) is 0 Å². The highest BCUT2D eigenvalue weighted by atomic mass is 15.3. The Hall–Kier alpha value is -0.870. The first kappa shape index (κ1) is 11.2. The van der Waals surface area contributed by atoms with Gasteiger partial charge in [0.25, 0.3) is 0 Å². The summed E-state index contributed by atoms with van der Waals surface area (Å²) in [6, 6.07) is 2.89. The Bertz CT molecular complexity index is 359. The maximum absolute atomic E-state index is 4.34. The van der Waals surface area contributed by atoms with E-state index in [1.807, 2.05) is 6.20 Å². The maximum atomic E-state index is 4.34. The second-order valence-corrected chi connectivity index (χ2v) is 5.30. The van der Waals surface area contributed by atoms with E-state index in [2.05, 4.69) is 33.0 Å². The summed E-state index contributed by atoms with van der Waals surface area (Å²) in [4.78, 5) is 2.58. The van der Waals surface area contributed by atoms with E-state index in [1.54, 1.807) is 0 Å². The molecule has 4 nitrogen and oxygen atoms in total. The van der Waals surface area contributed by atoms with Gasteiger partial charge < -0.3 is 5.32 Å². The normalized spacial score (nSPS) is 29.5. The molecule has 3 rings (SSSR count). The van der Waals surface area contributed by atoms with Gasteiger partial charge in [-0.2, -0.15) is 5.10 Å². The molecule has 2 atom stereocenters. The van der Waals surface area contributed by atoms with Crippen LogP contribution in [0, 0.1) is 5.92 Å². The van der Waals surface area contributed by atoms with Gasteiger partial charge in [-0.1, -0.05) is 0 Å². The fraction of sp³-hybridized carbons (Fsp3) is 0.769. The molecule has 2 aliphatic heterocycles. The van der Waals surface area contributed by atoms with Crippen molar-refractivity contribution in [2.24, 2.45) is 5.92 Å². The number of fused-ring (bicyclic) bond motifs is 1. The third kappa shape index (κ3) is 2.24. The molecular formula is C13H22N4. The van der Waals surface area contributed by atoms with Gasteiger partial charge in [0.05, 0.1) is 5.69 Å². The second kappa shape index (κ2) is 4.78. The van der Waals surface area contributed by atoms with Crippen molar-refractivity contribution in [1.82, 2.24) is 20.0 Å². The lowest BCUT2D eigenvalue weighted by Crippen LogP contribution is -2.40. The van der Waals surface area contributed by atoms with Crippen LogP contribution in [0.1, 0.15) is 25.5 Å². The SMILES string of the molecule is CCn1nccc1CN1CC2CCCNC2C1. The zero-order valence-electron chi connectivity index (χ0n) is 10.6. The number of likely N-dealkylation sites (tertiary alicyclic amines) is 1. The molecule has 0 aromatic carbocycles. The number of nitrogens with one attached hydrogen (secondary N) is 1. The summed E-state index contributed by atoms with van der Waals surface area (Å²) in [6.45, 7) is 7.86. The summed E-state index contributed by atoms with van der Waals surface area (Å²) in [5, 5.41) is 8.00. The number of rotatable bonds is 3. The molecule has 0 amide bonds. The number of hydrogen-bond acceptors (Lipinski definition) is 3. The average Bonchev–Trinajstić information content (AvgIpc) is 2.94. The van der Waals surface area contributed by atoms with Crippen LogP contribution >= 0.6 is 0 Å². The molecule has 3 heterocycles. The Morgan fingerprint density at radius 2 is 2.41 bits per heavy atom. The van der Waals surface area contributed by atoms with E-state index >= 15 is 0 Å². The van der Waals surface area contributed by atoms with Gasteiger partial charge in [-0.25, -0.2) is 0 Å². The van der Waals surface area contributed by atoms with Crippen LogP contribution in [0.5, 0.6) is 0 Å². The molecule has 17 heavy (non-hydrogen) atoms. The van der Waals surface area contributed by atoms with Gasteiger partial charge >= 0.3 is 0 Å². The third-order valence-corrected chi connectivity index (χ3v) is 4.16. The van der Waals surface area contributed by atoms with E-state index in [0.717, 1.165) is 25.0 Å². The predicted molar refractivity (Wildman–Crippen MR) is 67.7 cm³/mol. The maximum Gasteiger partial charge on any atom is 0.0524 e. The van der Waals surface area contributed by atoms with Crippen LogP contribution in [-0.2, 0) is 13.1 Å². The summed E-state index contributed by atoms with van der Waals surface area (Å²) >= 11 is 0. The highest BCUT2D eigenvalue weighted by Gasteiger charge is 2.34. The van der Waals surface area contributed by atoms with Crippen molar-refractivity contribution in [3.63, 3.8) is 0 Å². The third-order valence-electron chi connectivity index (χ3n) is 4.16. The molecule has 94 valence electrons. The van der Waals surface area contributed by atoms with E-state index in [0.29, 0.717) is 0 Å². The topological polar surface area (TPSA) is 33.1 Å². The Balaban J connectivity index is 1.63. The fourth-order valence-corrected chi connectivity index (χ4v) is 3.27. The number of hydrogen-bond donors (Lipinski definition) is 1. The molecule has 0 spiro atoms. The van der Waals surface area contributed by atoms with Gasteiger partial charge in [0.15, 0.2) is 0 Å². The first-order valence-electron chi connectivity index (χ1n) is 6.83. The standard InChI is InChI=1S/C13H22N4/c1-2-17-12(5-7-15-17)9-16-8-11-4-3-6-14-13(11)10-16/h5,7,11,13-14H,2-4,6,8-10H2,1H3. The van der Waals surface area contributed by atoms with Crippen molar-refractivity contribution in [2.45, 2.75) is 38.9 Å². The summed E-state index contributed by atoms with van der Waals surface area (Å²) < 4.78 is 2.11. The molecule has 0 saturated carbocycles.